The Bertz CT molecular complexity index is 561. The molecule has 2 rings (SSSR count). The average Bonchev–Trinajstić information content (AvgIpc) is 2.33. The quantitative estimate of drug-likeness (QED) is 0.595. The number of aromatic nitrogens is 1. The maximum absolute atomic E-state index is 10.8. The van der Waals surface area contributed by atoms with Gasteiger partial charge in [0.25, 0.3) is 0 Å². The van der Waals surface area contributed by atoms with Crippen LogP contribution in [0.2, 0.25) is 5.15 Å². The van der Waals surface area contributed by atoms with E-state index in [1.165, 1.54) is 0 Å². The van der Waals surface area contributed by atoms with Crippen LogP contribution in [-0.4, -0.2) is 11.3 Å². The van der Waals surface area contributed by atoms with Crippen molar-refractivity contribution in [3.63, 3.8) is 0 Å². The number of rotatable bonds is 2. The van der Waals surface area contributed by atoms with Crippen molar-refractivity contribution in [2.24, 2.45) is 0 Å². The van der Waals surface area contributed by atoms with E-state index in [0.717, 1.165) is 34.1 Å². The van der Waals surface area contributed by atoms with Crippen molar-refractivity contribution < 1.29 is 4.79 Å². The van der Waals surface area contributed by atoms with Crippen molar-refractivity contribution in [1.82, 2.24) is 4.98 Å². The standard InChI is InChI=1S/C14H12ClNO/c1-9-6-13(10(2)5-12(9)8-17)11-3-4-14(15)16-7-11/h3-8H,1-2H3. The Morgan fingerprint density at radius 2 is 1.94 bits per heavy atom. The summed E-state index contributed by atoms with van der Waals surface area (Å²) < 4.78 is 0. The first kappa shape index (κ1) is 11.8. The Kier molecular flexibility index (Phi) is 3.25. The molecule has 0 atom stereocenters. The summed E-state index contributed by atoms with van der Waals surface area (Å²) in [4.78, 5) is 14.9. The fourth-order valence-corrected chi connectivity index (χ4v) is 1.92. The van der Waals surface area contributed by atoms with Crippen molar-refractivity contribution in [2.45, 2.75) is 13.8 Å². The van der Waals surface area contributed by atoms with E-state index in [0.29, 0.717) is 5.15 Å². The Hall–Kier alpha value is -1.67. The van der Waals surface area contributed by atoms with Crippen LogP contribution in [0.4, 0.5) is 0 Å². The van der Waals surface area contributed by atoms with Crippen LogP contribution in [0.1, 0.15) is 21.5 Å². The second kappa shape index (κ2) is 4.68. The Morgan fingerprint density at radius 1 is 1.18 bits per heavy atom. The van der Waals surface area contributed by atoms with Gasteiger partial charge in [-0.1, -0.05) is 17.7 Å². The van der Waals surface area contributed by atoms with Gasteiger partial charge in [0.2, 0.25) is 0 Å². The SMILES string of the molecule is Cc1cc(-c2ccc(Cl)nc2)c(C)cc1C=O. The first-order valence-electron chi connectivity index (χ1n) is 5.30. The molecule has 2 aromatic rings. The molecule has 17 heavy (non-hydrogen) atoms. The largest absolute Gasteiger partial charge is 0.298 e. The molecule has 0 radical (unpaired) electrons. The van der Waals surface area contributed by atoms with Gasteiger partial charge in [0.05, 0.1) is 0 Å². The van der Waals surface area contributed by atoms with E-state index in [1.54, 1.807) is 12.3 Å². The highest BCUT2D eigenvalue weighted by molar-refractivity contribution is 6.29. The van der Waals surface area contributed by atoms with Gasteiger partial charge in [-0.05, 0) is 48.7 Å². The lowest BCUT2D eigenvalue weighted by Gasteiger charge is -2.09. The lowest BCUT2D eigenvalue weighted by atomic mass is 9.96. The lowest BCUT2D eigenvalue weighted by Crippen LogP contribution is -1.92. The summed E-state index contributed by atoms with van der Waals surface area (Å²) in [5, 5.41) is 0.479. The Morgan fingerprint density at radius 3 is 2.53 bits per heavy atom. The van der Waals surface area contributed by atoms with Gasteiger partial charge in [0, 0.05) is 17.3 Å². The Labute approximate surface area is 105 Å². The molecular formula is C14H12ClNO. The summed E-state index contributed by atoms with van der Waals surface area (Å²) in [6.07, 6.45) is 2.62. The number of nitrogens with zero attached hydrogens (tertiary/aromatic N) is 1. The lowest BCUT2D eigenvalue weighted by molar-refractivity contribution is 0.112. The van der Waals surface area contributed by atoms with Crippen LogP contribution in [-0.2, 0) is 0 Å². The molecule has 3 heteroatoms. The van der Waals surface area contributed by atoms with Crippen molar-refractivity contribution in [3.8, 4) is 11.1 Å². The first-order chi connectivity index (χ1) is 8.11. The highest BCUT2D eigenvalue weighted by Crippen LogP contribution is 2.26. The molecule has 0 fully saturated rings. The second-order valence-corrected chi connectivity index (χ2v) is 4.40. The van der Waals surface area contributed by atoms with E-state index in [9.17, 15) is 4.79 Å². The van der Waals surface area contributed by atoms with Crippen LogP contribution in [0.5, 0.6) is 0 Å². The van der Waals surface area contributed by atoms with Gasteiger partial charge >= 0.3 is 0 Å². The molecule has 0 saturated heterocycles. The molecule has 0 unspecified atom stereocenters. The van der Waals surface area contributed by atoms with Gasteiger partial charge < -0.3 is 0 Å². The van der Waals surface area contributed by atoms with Crippen molar-refractivity contribution in [3.05, 3.63) is 52.3 Å². The fraction of sp³-hybridized carbons (Fsp3) is 0.143. The zero-order valence-electron chi connectivity index (χ0n) is 9.70. The van der Waals surface area contributed by atoms with Crippen molar-refractivity contribution in [1.29, 1.82) is 0 Å². The minimum Gasteiger partial charge on any atom is -0.298 e. The molecule has 0 saturated carbocycles. The van der Waals surface area contributed by atoms with Gasteiger partial charge in [-0.2, -0.15) is 0 Å². The third kappa shape index (κ3) is 2.37. The smallest absolute Gasteiger partial charge is 0.150 e. The summed E-state index contributed by atoms with van der Waals surface area (Å²) in [7, 11) is 0. The molecule has 0 aliphatic heterocycles. The number of aldehydes is 1. The number of hydrogen-bond acceptors (Lipinski definition) is 2. The molecule has 1 aromatic heterocycles. The van der Waals surface area contributed by atoms with E-state index in [1.807, 2.05) is 32.0 Å². The van der Waals surface area contributed by atoms with Gasteiger partial charge in [-0.15, -0.1) is 0 Å². The average molecular weight is 246 g/mol. The zero-order chi connectivity index (χ0) is 12.4. The Balaban J connectivity index is 2.56. The summed E-state index contributed by atoms with van der Waals surface area (Å²) in [5.74, 6) is 0. The van der Waals surface area contributed by atoms with Crippen molar-refractivity contribution >= 4 is 17.9 Å². The minimum absolute atomic E-state index is 0.479. The number of aryl methyl sites for hydroxylation is 2. The third-order valence-corrected chi connectivity index (χ3v) is 3.00. The molecule has 2 nitrogen and oxygen atoms in total. The minimum atomic E-state index is 0.479. The molecule has 1 aromatic carbocycles. The summed E-state index contributed by atoms with van der Waals surface area (Å²) in [6, 6.07) is 7.59. The third-order valence-electron chi connectivity index (χ3n) is 2.78. The van der Waals surface area contributed by atoms with E-state index < -0.39 is 0 Å². The zero-order valence-corrected chi connectivity index (χ0v) is 10.5. The van der Waals surface area contributed by atoms with E-state index in [2.05, 4.69) is 4.98 Å². The predicted molar refractivity (Wildman–Crippen MR) is 69.5 cm³/mol. The fourth-order valence-electron chi connectivity index (χ4n) is 1.81. The highest BCUT2D eigenvalue weighted by Gasteiger charge is 2.06. The topological polar surface area (TPSA) is 30.0 Å². The van der Waals surface area contributed by atoms with Crippen LogP contribution >= 0.6 is 11.6 Å². The maximum Gasteiger partial charge on any atom is 0.150 e. The number of halogens is 1. The molecular weight excluding hydrogens is 234 g/mol. The first-order valence-corrected chi connectivity index (χ1v) is 5.68. The number of benzene rings is 1. The molecule has 0 bridgehead atoms. The van der Waals surface area contributed by atoms with Gasteiger partial charge in [-0.3, -0.25) is 4.79 Å². The highest BCUT2D eigenvalue weighted by atomic mass is 35.5. The van der Waals surface area contributed by atoms with Crippen LogP contribution < -0.4 is 0 Å². The normalized spacial score (nSPS) is 10.3. The van der Waals surface area contributed by atoms with Gasteiger partial charge in [0.1, 0.15) is 11.4 Å². The van der Waals surface area contributed by atoms with Crippen molar-refractivity contribution in [2.75, 3.05) is 0 Å². The van der Waals surface area contributed by atoms with E-state index in [4.69, 9.17) is 11.6 Å². The van der Waals surface area contributed by atoms with Crippen LogP contribution in [0, 0.1) is 13.8 Å². The molecule has 0 spiro atoms. The van der Waals surface area contributed by atoms with Gasteiger partial charge in [0.15, 0.2) is 0 Å². The van der Waals surface area contributed by atoms with Crippen LogP contribution in [0.15, 0.2) is 30.5 Å². The van der Waals surface area contributed by atoms with E-state index >= 15 is 0 Å². The molecule has 0 aliphatic rings. The predicted octanol–water partition coefficient (Wildman–Crippen LogP) is 3.83. The molecule has 0 amide bonds. The second-order valence-electron chi connectivity index (χ2n) is 4.01. The molecule has 0 N–H and O–H groups in total. The summed E-state index contributed by atoms with van der Waals surface area (Å²) in [5.41, 5.74) is 4.84. The monoisotopic (exact) mass is 245 g/mol. The summed E-state index contributed by atoms with van der Waals surface area (Å²) in [6.45, 7) is 3.91. The molecule has 1 heterocycles. The van der Waals surface area contributed by atoms with Gasteiger partial charge in [-0.25, -0.2) is 4.98 Å². The molecule has 86 valence electrons. The van der Waals surface area contributed by atoms with Crippen LogP contribution in [0.3, 0.4) is 0 Å². The number of carbonyl (C=O) groups is 1. The number of carbonyl (C=O) groups excluding carboxylic acids is 1. The number of pyridine rings is 1. The molecule has 0 aliphatic carbocycles. The maximum atomic E-state index is 10.8. The van der Waals surface area contributed by atoms with Crippen LogP contribution in [0.25, 0.3) is 11.1 Å². The summed E-state index contributed by atoms with van der Waals surface area (Å²) >= 11 is 5.76. The van der Waals surface area contributed by atoms with E-state index in [-0.39, 0.29) is 0 Å². The number of hydrogen-bond donors (Lipinski definition) is 0.